The molecule has 2 aliphatic heterocycles. The number of amides is 1. The number of hydrogen-bond acceptors (Lipinski definition) is 5. The van der Waals surface area contributed by atoms with Crippen LogP contribution in [0.4, 0.5) is 0 Å². The molecule has 128 valence electrons. The van der Waals surface area contributed by atoms with Crippen LogP contribution in [0, 0.1) is 6.92 Å². The van der Waals surface area contributed by atoms with E-state index in [1.807, 2.05) is 37.4 Å². The van der Waals surface area contributed by atoms with Gasteiger partial charge in [0.1, 0.15) is 17.3 Å². The first-order valence-electron chi connectivity index (χ1n) is 8.35. The third kappa shape index (κ3) is 2.32. The summed E-state index contributed by atoms with van der Waals surface area (Å²) in [7, 11) is 1.83. The Balaban J connectivity index is 1.66. The average Bonchev–Trinajstić information content (AvgIpc) is 3.04. The summed E-state index contributed by atoms with van der Waals surface area (Å²) in [5, 5.41) is 8.89. The monoisotopic (exact) mass is 330 g/mol. The molecule has 0 spiro atoms. The molecule has 24 heavy (non-hydrogen) atoms. The van der Waals surface area contributed by atoms with Crippen molar-refractivity contribution < 1.29 is 9.53 Å². The molecule has 4 heterocycles. The molecule has 0 N–H and O–H groups in total. The minimum atomic E-state index is -0.0800. The zero-order valence-electron chi connectivity index (χ0n) is 14.5. The van der Waals surface area contributed by atoms with E-state index in [2.05, 4.69) is 15.2 Å². The molecule has 2 aromatic heterocycles. The van der Waals surface area contributed by atoms with E-state index in [0.717, 1.165) is 29.3 Å². The van der Waals surface area contributed by atoms with Crippen molar-refractivity contribution in [3.8, 4) is 0 Å². The van der Waals surface area contributed by atoms with Crippen LogP contribution in [0.1, 0.15) is 53.3 Å². The number of fused-ring (bicyclic) bond motifs is 2. The molecule has 0 aromatic carbocycles. The molecule has 0 saturated heterocycles. The van der Waals surface area contributed by atoms with Crippen molar-refractivity contribution in [1.29, 1.82) is 0 Å². The van der Waals surface area contributed by atoms with Crippen LogP contribution in [0.25, 0.3) is 0 Å². The molecule has 8 heteroatoms. The second-order valence-corrected chi connectivity index (χ2v) is 6.65. The van der Waals surface area contributed by atoms with Gasteiger partial charge in [0.05, 0.1) is 31.0 Å². The van der Waals surface area contributed by atoms with Gasteiger partial charge in [-0.1, -0.05) is 0 Å². The number of aromatic nitrogens is 5. The molecule has 0 aliphatic carbocycles. The van der Waals surface area contributed by atoms with Crippen LogP contribution in [0.3, 0.4) is 0 Å². The normalized spacial score (nSPS) is 23.1. The van der Waals surface area contributed by atoms with Crippen LogP contribution in [0.2, 0.25) is 0 Å². The Morgan fingerprint density at radius 1 is 1.25 bits per heavy atom. The van der Waals surface area contributed by atoms with Crippen molar-refractivity contribution in [3.63, 3.8) is 0 Å². The van der Waals surface area contributed by atoms with Crippen molar-refractivity contribution in [2.45, 2.75) is 52.5 Å². The Hall–Kier alpha value is -2.22. The predicted octanol–water partition coefficient (Wildman–Crippen LogP) is 0.998. The van der Waals surface area contributed by atoms with E-state index in [0.29, 0.717) is 25.3 Å². The fourth-order valence-electron chi connectivity index (χ4n) is 3.72. The highest BCUT2D eigenvalue weighted by molar-refractivity contribution is 5.94. The molecule has 2 aromatic rings. The zero-order valence-corrected chi connectivity index (χ0v) is 14.5. The lowest BCUT2D eigenvalue weighted by molar-refractivity contribution is -0.00715. The summed E-state index contributed by atoms with van der Waals surface area (Å²) < 4.78 is 9.42. The van der Waals surface area contributed by atoms with E-state index >= 15 is 0 Å². The van der Waals surface area contributed by atoms with Crippen LogP contribution >= 0.6 is 0 Å². The molecule has 0 radical (unpaired) electrons. The first kappa shape index (κ1) is 15.3. The quantitative estimate of drug-likeness (QED) is 0.779. The molecular formula is C16H22N6O2. The molecule has 8 nitrogen and oxygen atoms in total. The SMILES string of the molecule is Cc1nc2n(n1)CCN(C(=O)c1c3c(nn1C)[C@H](C)O[C@H](C)C3)C2. The zero-order chi connectivity index (χ0) is 17.0. The predicted molar refractivity (Wildman–Crippen MR) is 85.4 cm³/mol. The second kappa shape index (κ2) is 5.41. The maximum atomic E-state index is 13.2. The van der Waals surface area contributed by atoms with Gasteiger partial charge in [0.25, 0.3) is 5.91 Å². The fourth-order valence-corrected chi connectivity index (χ4v) is 3.72. The summed E-state index contributed by atoms with van der Waals surface area (Å²) in [4.78, 5) is 19.4. The highest BCUT2D eigenvalue weighted by atomic mass is 16.5. The third-order valence-electron chi connectivity index (χ3n) is 4.75. The lowest BCUT2D eigenvalue weighted by atomic mass is 9.99. The maximum Gasteiger partial charge on any atom is 0.272 e. The molecule has 0 saturated carbocycles. The number of nitrogens with zero attached hydrogens (tertiary/aromatic N) is 6. The van der Waals surface area contributed by atoms with Gasteiger partial charge in [0.15, 0.2) is 0 Å². The van der Waals surface area contributed by atoms with Crippen molar-refractivity contribution in [2.24, 2.45) is 7.05 Å². The van der Waals surface area contributed by atoms with Gasteiger partial charge in [-0.2, -0.15) is 10.2 Å². The van der Waals surface area contributed by atoms with Crippen LogP contribution in [-0.2, 0) is 31.3 Å². The topological polar surface area (TPSA) is 78.1 Å². The molecular weight excluding hydrogens is 308 g/mol. The minimum Gasteiger partial charge on any atom is -0.369 e. The first-order valence-corrected chi connectivity index (χ1v) is 8.35. The van der Waals surface area contributed by atoms with Gasteiger partial charge >= 0.3 is 0 Å². The highest BCUT2D eigenvalue weighted by Gasteiger charge is 2.34. The molecule has 2 aliphatic rings. The lowest BCUT2D eigenvalue weighted by Crippen LogP contribution is -2.40. The molecule has 1 amide bonds. The van der Waals surface area contributed by atoms with Gasteiger partial charge in [0, 0.05) is 25.6 Å². The summed E-state index contributed by atoms with van der Waals surface area (Å²) in [6.07, 6.45) is 0.733. The van der Waals surface area contributed by atoms with Crippen molar-refractivity contribution >= 4 is 5.91 Å². The van der Waals surface area contributed by atoms with Gasteiger partial charge in [-0.05, 0) is 20.8 Å². The van der Waals surface area contributed by atoms with E-state index in [4.69, 9.17) is 4.74 Å². The Bertz CT molecular complexity index is 808. The van der Waals surface area contributed by atoms with Gasteiger partial charge < -0.3 is 9.64 Å². The van der Waals surface area contributed by atoms with E-state index in [-0.39, 0.29) is 18.1 Å². The Morgan fingerprint density at radius 2 is 2.04 bits per heavy atom. The van der Waals surface area contributed by atoms with Crippen LogP contribution in [0.5, 0.6) is 0 Å². The van der Waals surface area contributed by atoms with Crippen molar-refractivity contribution in [1.82, 2.24) is 29.4 Å². The lowest BCUT2D eigenvalue weighted by Gasteiger charge is -2.28. The minimum absolute atomic E-state index is 0.0134. The summed E-state index contributed by atoms with van der Waals surface area (Å²) in [5.74, 6) is 1.60. The maximum absolute atomic E-state index is 13.2. The Morgan fingerprint density at radius 3 is 2.83 bits per heavy atom. The van der Waals surface area contributed by atoms with E-state index in [9.17, 15) is 4.79 Å². The molecule has 0 fully saturated rings. The standard InChI is InChI=1S/C16H22N6O2/c1-9-7-12-14(10(2)24-9)19-20(4)15(12)16(23)21-5-6-22-13(8-21)17-11(3)18-22/h9-10H,5-8H2,1-4H3/t9-,10+/m1/s1. The van der Waals surface area contributed by atoms with Crippen molar-refractivity contribution in [2.75, 3.05) is 6.54 Å². The summed E-state index contributed by atoms with van der Waals surface area (Å²) in [6.45, 7) is 7.70. The Labute approximate surface area is 140 Å². The van der Waals surface area contributed by atoms with Crippen LogP contribution in [-0.4, -0.2) is 48.0 Å². The number of carbonyl (C=O) groups excluding carboxylic acids is 1. The molecule has 4 rings (SSSR count). The van der Waals surface area contributed by atoms with E-state index in [1.165, 1.54) is 0 Å². The van der Waals surface area contributed by atoms with Crippen molar-refractivity contribution in [3.05, 3.63) is 28.6 Å². The fraction of sp³-hybridized carbons (Fsp3) is 0.625. The molecule has 2 atom stereocenters. The Kier molecular flexibility index (Phi) is 3.45. The highest BCUT2D eigenvalue weighted by Crippen LogP contribution is 2.32. The number of carbonyl (C=O) groups is 1. The van der Waals surface area contributed by atoms with Gasteiger partial charge in [-0.3, -0.25) is 9.48 Å². The van der Waals surface area contributed by atoms with Crippen LogP contribution < -0.4 is 0 Å². The van der Waals surface area contributed by atoms with E-state index < -0.39 is 0 Å². The van der Waals surface area contributed by atoms with Gasteiger partial charge in [-0.15, -0.1) is 0 Å². The number of rotatable bonds is 1. The summed E-state index contributed by atoms with van der Waals surface area (Å²) in [6, 6.07) is 0. The van der Waals surface area contributed by atoms with Crippen LogP contribution in [0.15, 0.2) is 0 Å². The largest absolute Gasteiger partial charge is 0.369 e. The smallest absolute Gasteiger partial charge is 0.272 e. The van der Waals surface area contributed by atoms with Gasteiger partial charge in [-0.25, -0.2) is 9.67 Å². The average molecular weight is 330 g/mol. The second-order valence-electron chi connectivity index (χ2n) is 6.65. The molecule has 0 unspecified atom stereocenters. The van der Waals surface area contributed by atoms with E-state index in [1.54, 1.807) is 4.68 Å². The molecule has 0 bridgehead atoms. The summed E-state index contributed by atoms with van der Waals surface area (Å²) >= 11 is 0. The van der Waals surface area contributed by atoms with Gasteiger partial charge in [0.2, 0.25) is 0 Å². The third-order valence-corrected chi connectivity index (χ3v) is 4.75. The first-order chi connectivity index (χ1) is 11.4. The summed E-state index contributed by atoms with van der Waals surface area (Å²) in [5.41, 5.74) is 2.59. The number of aryl methyl sites for hydroxylation is 2. The number of hydrogen-bond donors (Lipinski definition) is 0. The number of ether oxygens (including phenoxy) is 1.